The lowest BCUT2D eigenvalue weighted by Crippen LogP contribution is -2.28. The highest BCUT2D eigenvalue weighted by molar-refractivity contribution is 7.92. The van der Waals surface area contributed by atoms with Crippen LogP contribution < -0.4 is 14.8 Å². The summed E-state index contributed by atoms with van der Waals surface area (Å²) in [6, 6.07) is 7.81. The van der Waals surface area contributed by atoms with E-state index in [2.05, 4.69) is 35.8 Å². The number of aromatic nitrogens is 1. The molecule has 2 rings (SSSR count). The first-order chi connectivity index (χ1) is 14.8. The summed E-state index contributed by atoms with van der Waals surface area (Å²) in [5.41, 5.74) is 1.79. The fourth-order valence-electron chi connectivity index (χ4n) is 2.92. The molecule has 7 nitrogen and oxygen atoms in total. The smallest absolute Gasteiger partial charge is 0.229 e. The lowest BCUT2D eigenvalue weighted by Gasteiger charge is -2.20. The van der Waals surface area contributed by atoms with E-state index < -0.39 is 21.8 Å². The van der Waals surface area contributed by atoms with Crippen LogP contribution in [0.4, 0.5) is 10.1 Å². The standard InChI is InChI=1S/C23H32FN3O4S/c1-7-12-31-22-17(9-11-20(26-22)23(3,4)5)14-25-21(28)15(2)16-8-10-19(18(24)13-16)27-32(6,29)30/h8-11,13,15,27H,7,12,14H2,1-6H3,(H,25,28). The van der Waals surface area contributed by atoms with Crippen molar-refractivity contribution in [1.29, 1.82) is 0 Å². The van der Waals surface area contributed by atoms with Crippen LogP contribution in [0.15, 0.2) is 30.3 Å². The predicted molar refractivity (Wildman–Crippen MR) is 124 cm³/mol. The molecule has 0 aliphatic carbocycles. The number of hydrogen-bond donors (Lipinski definition) is 2. The number of nitrogens with one attached hydrogen (secondary N) is 2. The van der Waals surface area contributed by atoms with Gasteiger partial charge in [0.1, 0.15) is 5.82 Å². The van der Waals surface area contributed by atoms with Gasteiger partial charge in [-0.05, 0) is 37.1 Å². The highest BCUT2D eigenvalue weighted by Gasteiger charge is 2.20. The number of pyridine rings is 1. The number of ether oxygens (including phenoxy) is 1. The maximum atomic E-state index is 14.3. The lowest BCUT2D eigenvalue weighted by molar-refractivity contribution is -0.122. The van der Waals surface area contributed by atoms with E-state index in [-0.39, 0.29) is 23.6 Å². The topological polar surface area (TPSA) is 97.4 Å². The molecule has 2 aromatic rings. The normalized spacial score (nSPS) is 12.8. The fraction of sp³-hybridized carbons (Fsp3) is 0.478. The summed E-state index contributed by atoms with van der Waals surface area (Å²) in [5.74, 6) is -1.19. The van der Waals surface area contributed by atoms with Gasteiger partial charge in [0.2, 0.25) is 21.8 Å². The van der Waals surface area contributed by atoms with Crippen LogP contribution in [-0.2, 0) is 26.8 Å². The van der Waals surface area contributed by atoms with Gasteiger partial charge >= 0.3 is 0 Å². The maximum Gasteiger partial charge on any atom is 0.229 e. The van der Waals surface area contributed by atoms with E-state index in [1.54, 1.807) is 6.92 Å². The minimum absolute atomic E-state index is 0.136. The van der Waals surface area contributed by atoms with Crippen LogP contribution in [0.5, 0.6) is 5.88 Å². The van der Waals surface area contributed by atoms with Crippen LogP contribution in [0.25, 0.3) is 0 Å². The van der Waals surface area contributed by atoms with Crippen molar-refractivity contribution in [3.8, 4) is 5.88 Å². The van der Waals surface area contributed by atoms with Gasteiger partial charge in [0, 0.05) is 23.2 Å². The lowest BCUT2D eigenvalue weighted by atomic mass is 9.91. The van der Waals surface area contributed by atoms with Gasteiger partial charge in [-0.3, -0.25) is 9.52 Å². The molecule has 0 radical (unpaired) electrons. The van der Waals surface area contributed by atoms with Crippen molar-refractivity contribution in [3.63, 3.8) is 0 Å². The molecule has 0 bridgehead atoms. The third-order valence-electron chi connectivity index (χ3n) is 4.79. The molecule has 0 fully saturated rings. The summed E-state index contributed by atoms with van der Waals surface area (Å²) in [6.45, 7) is 10.6. The van der Waals surface area contributed by atoms with Gasteiger partial charge in [-0.25, -0.2) is 17.8 Å². The Bertz CT molecular complexity index is 1070. The quantitative estimate of drug-likeness (QED) is 0.581. The van der Waals surface area contributed by atoms with Crippen molar-refractivity contribution in [2.45, 2.75) is 58.9 Å². The molecule has 0 aliphatic rings. The molecular formula is C23H32FN3O4S. The van der Waals surface area contributed by atoms with Gasteiger partial charge in [0.15, 0.2) is 0 Å². The minimum Gasteiger partial charge on any atom is -0.477 e. The summed E-state index contributed by atoms with van der Waals surface area (Å²) in [4.78, 5) is 17.3. The van der Waals surface area contributed by atoms with E-state index in [4.69, 9.17) is 4.74 Å². The SMILES string of the molecule is CCCOc1nc(C(C)(C)C)ccc1CNC(=O)C(C)c1ccc(NS(C)(=O)=O)c(F)c1. The molecule has 176 valence electrons. The van der Waals surface area contributed by atoms with Crippen LogP contribution in [0.2, 0.25) is 0 Å². The number of benzene rings is 1. The third-order valence-corrected chi connectivity index (χ3v) is 5.38. The van der Waals surface area contributed by atoms with Crippen LogP contribution in [-0.4, -0.2) is 32.2 Å². The number of rotatable bonds is 9. The first-order valence-corrected chi connectivity index (χ1v) is 12.4. The molecule has 1 aromatic carbocycles. The summed E-state index contributed by atoms with van der Waals surface area (Å²) in [5, 5.41) is 2.85. The molecule has 1 aromatic heterocycles. The highest BCUT2D eigenvalue weighted by atomic mass is 32.2. The first kappa shape index (κ1) is 25.6. The van der Waals surface area contributed by atoms with Crippen LogP contribution in [0.1, 0.15) is 63.8 Å². The van der Waals surface area contributed by atoms with Gasteiger partial charge in [0.25, 0.3) is 0 Å². The zero-order chi connectivity index (χ0) is 24.1. The molecule has 0 aliphatic heterocycles. The van der Waals surface area contributed by atoms with Crippen molar-refractivity contribution in [2.24, 2.45) is 0 Å². The van der Waals surface area contributed by atoms with Crippen molar-refractivity contribution < 1.29 is 22.3 Å². The Hall–Kier alpha value is -2.68. The van der Waals surface area contributed by atoms with Crippen molar-refractivity contribution in [3.05, 3.63) is 53.0 Å². The Morgan fingerprint density at radius 1 is 1.22 bits per heavy atom. The average molecular weight is 466 g/mol. The fourth-order valence-corrected chi connectivity index (χ4v) is 3.48. The summed E-state index contributed by atoms with van der Waals surface area (Å²) in [6.07, 6.45) is 1.78. The van der Waals surface area contributed by atoms with Crippen molar-refractivity contribution >= 4 is 21.6 Å². The highest BCUT2D eigenvalue weighted by Crippen LogP contribution is 2.26. The van der Waals surface area contributed by atoms with Gasteiger partial charge < -0.3 is 10.1 Å². The summed E-state index contributed by atoms with van der Waals surface area (Å²) in [7, 11) is -3.60. The maximum absolute atomic E-state index is 14.3. The molecule has 0 spiro atoms. The second-order valence-corrected chi connectivity index (χ2v) is 10.6. The van der Waals surface area contributed by atoms with Crippen molar-refractivity contribution in [1.82, 2.24) is 10.3 Å². The number of amides is 1. The number of nitrogens with zero attached hydrogens (tertiary/aromatic N) is 1. The van der Waals surface area contributed by atoms with Crippen molar-refractivity contribution in [2.75, 3.05) is 17.6 Å². The Kier molecular flexibility index (Phi) is 8.23. The Balaban J connectivity index is 2.13. The number of sulfonamides is 1. The molecule has 0 saturated heterocycles. The monoisotopic (exact) mass is 465 g/mol. The molecular weight excluding hydrogens is 433 g/mol. The third kappa shape index (κ3) is 7.19. The molecule has 1 atom stereocenters. The van der Waals surface area contributed by atoms with E-state index in [1.165, 1.54) is 12.1 Å². The second kappa shape index (κ2) is 10.3. The first-order valence-electron chi connectivity index (χ1n) is 10.5. The molecule has 2 N–H and O–H groups in total. The van der Waals surface area contributed by atoms with Gasteiger partial charge in [-0.15, -0.1) is 0 Å². The van der Waals surface area contributed by atoms with E-state index in [1.807, 2.05) is 19.1 Å². The Labute approximate surface area is 189 Å². The van der Waals surface area contributed by atoms with E-state index in [9.17, 15) is 17.6 Å². The van der Waals surface area contributed by atoms with Crippen LogP contribution in [0.3, 0.4) is 0 Å². The number of hydrogen-bond acceptors (Lipinski definition) is 5. The number of anilines is 1. The van der Waals surface area contributed by atoms with Gasteiger partial charge in [-0.1, -0.05) is 39.8 Å². The van der Waals surface area contributed by atoms with E-state index in [0.29, 0.717) is 18.1 Å². The molecule has 32 heavy (non-hydrogen) atoms. The van der Waals surface area contributed by atoms with Crippen LogP contribution >= 0.6 is 0 Å². The number of carbonyl (C=O) groups excluding carboxylic acids is 1. The largest absolute Gasteiger partial charge is 0.477 e. The van der Waals surface area contributed by atoms with Gasteiger partial charge in [-0.2, -0.15) is 0 Å². The van der Waals surface area contributed by atoms with Crippen LogP contribution in [0, 0.1) is 5.82 Å². The zero-order valence-corrected chi connectivity index (χ0v) is 20.3. The predicted octanol–water partition coefficient (Wildman–Crippen LogP) is 4.10. The summed E-state index contributed by atoms with van der Waals surface area (Å²) < 4.78 is 44.8. The number of carbonyl (C=O) groups is 1. The molecule has 9 heteroatoms. The zero-order valence-electron chi connectivity index (χ0n) is 19.5. The van der Waals surface area contributed by atoms with Gasteiger partial charge in [0.05, 0.1) is 24.5 Å². The average Bonchev–Trinajstić information content (AvgIpc) is 2.70. The minimum atomic E-state index is -3.60. The number of halogens is 1. The molecule has 1 amide bonds. The Morgan fingerprint density at radius 3 is 2.47 bits per heavy atom. The van der Waals surface area contributed by atoms with E-state index >= 15 is 0 Å². The summed E-state index contributed by atoms with van der Waals surface area (Å²) >= 11 is 0. The molecule has 1 unspecified atom stereocenters. The molecule has 1 heterocycles. The second-order valence-electron chi connectivity index (χ2n) is 8.81. The molecule has 0 saturated carbocycles. The van der Waals surface area contributed by atoms with E-state index in [0.717, 1.165) is 30.0 Å². The Morgan fingerprint density at radius 2 is 1.91 bits per heavy atom.